The van der Waals surface area contributed by atoms with E-state index in [1.54, 1.807) is 0 Å². The molecule has 0 spiro atoms. The van der Waals surface area contributed by atoms with Crippen molar-refractivity contribution in [1.29, 1.82) is 0 Å². The van der Waals surface area contributed by atoms with Gasteiger partial charge in [0.1, 0.15) is 5.75 Å². The Labute approximate surface area is 174 Å². The molecule has 0 bridgehead atoms. The summed E-state index contributed by atoms with van der Waals surface area (Å²) in [7, 11) is 0. The minimum Gasteiger partial charge on any atom is -0.475 e. The van der Waals surface area contributed by atoms with Crippen molar-refractivity contribution >= 4 is 5.78 Å². The third-order valence-corrected chi connectivity index (χ3v) is 5.24. The number of ether oxygens (including phenoxy) is 1. The molecular formula is C24H34N4O. The van der Waals surface area contributed by atoms with Crippen LogP contribution >= 0.6 is 0 Å². The zero-order valence-electron chi connectivity index (χ0n) is 18.3. The first-order valence-corrected chi connectivity index (χ1v) is 11.0. The molecule has 1 aromatic carbocycles. The molecule has 0 fully saturated rings. The van der Waals surface area contributed by atoms with E-state index in [2.05, 4.69) is 59.9 Å². The van der Waals surface area contributed by atoms with E-state index in [1.165, 1.54) is 25.7 Å². The lowest BCUT2D eigenvalue weighted by Crippen LogP contribution is -2.40. The number of rotatable bonds is 11. The third kappa shape index (κ3) is 5.57. The molecule has 2 heterocycles. The molecule has 0 radical (unpaired) electrons. The summed E-state index contributed by atoms with van der Waals surface area (Å²) >= 11 is 0. The highest BCUT2D eigenvalue weighted by atomic mass is 16.5. The summed E-state index contributed by atoms with van der Waals surface area (Å²) in [6, 6.07) is 10.3. The number of hydrogen-bond donors (Lipinski definition) is 0. The van der Waals surface area contributed by atoms with Crippen LogP contribution in [0.4, 0.5) is 0 Å². The Balaban J connectivity index is 1.71. The highest BCUT2D eigenvalue weighted by molar-refractivity contribution is 5.62. The average molecular weight is 395 g/mol. The molecule has 29 heavy (non-hydrogen) atoms. The van der Waals surface area contributed by atoms with Crippen LogP contribution in [0.15, 0.2) is 42.7 Å². The molecule has 0 amide bonds. The van der Waals surface area contributed by atoms with Crippen molar-refractivity contribution < 1.29 is 4.74 Å². The third-order valence-electron chi connectivity index (χ3n) is 5.24. The van der Waals surface area contributed by atoms with Crippen molar-refractivity contribution in [3.63, 3.8) is 0 Å². The molecule has 0 aliphatic heterocycles. The maximum absolute atomic E-state index is 6.37. The summed E-state index contributed by atoms with van der Waals surface area (Å²) in [6.07, 6.45) is 9.96. The summed E-state index contributed by atoms with van der Waals surface area (Å²) in [5.74, 6) is 1.64. The first-order valence-electron chi connectivity index (χ1n) is 11.0. The number of fused-ring (bicyclic) bond motifs is 1. The highest BCUT2D eigenvalue weighted by Crippen LogP contribution is 2.24. The van der Waals surface area contributed by atoms with Gasteiger partial charge >= 0.3 is 0 Å². The maximum atomic E-state index is 6.37. The topological polar surface area (TPSA) is 42.7 Å². The molecule has 2 aromatic heterocycles. The molecule has 0 aliphatic rings. The lowest BCUT2D eigenvalue weighted by atomic mass is 10.1. The van der Waals surface area contributed by atoms with Gasteiger partial charge in [0.2, 0.25) is 5.78 Å². The van der Waals surface area contributed by atoms with Gasteiger partial charge in [-0.2, -0.15) is 0 Å². The zero-order chi connectivity index (χ0) is 20.6. The molecular weight excluding hydrogens is 360 g/mol. The second-order valence-electron chi connectivity index (χ2n) is 7.65. The van der Waals surface area contributed by atoms with Crippen molar-refractivity contribution in [2.45, 2.75) is 66.0 Å². The van der Waals surface area contributed by atoms with Gasteiger partial charge in [0.15, 0.2) is 6.23 Å². The van der Waals surface area contributed by atoms with Crippen molar-refractivity contribution in [3.8, 4) is 17.0 Å². The quantitative estimate of drug-likeness (QED) is 0.390. The van der Waals surface area contributed by atoms with Gasteiger partial charge in [-0.3, -0.25) is 9.30 Å². The van der Waals surface area contributed by atoms with E-state index in [4.69, 9.17) is 4.74 Å². The van der Waals surface area contributed by atoms with Crippen LogP contribution in [0.1, 0.15) is 58.6 Å². The Kier molecular flexibility index (Phi) is 7.64. The zero-order valence-corrected chi connectivity index (χ0v) is 18.3. The van der Waals surface area contributed by atoms with Crippen molar-refractivity contribution in [2.75, 3.05) is 13.1 Å². The second kappa shape index (κ2) is 10.4. The molecule has 0 saturated carbocycles. The van der Waals surface area contributed by atoms with Crippen LogP contribution in [0, 0.1) is 6.92 Å². The van der Waals surface area contributed by atoms with E-state index >= 15 is 0 Å². The smallest absolute Gasteiger partial charge is 0.234 e. The monoisotopic (exact) mass is 394 g/mol. The number of imidazole rings is 1. The van der Waals surface area contributed by atoms with Crippen molar-refractivity contribution in [1.82, 2.24) is 19.3 Å². The van der Waals surface area contributed by atoms with Crippen LogP contribution in [0.5, 0.6) is 5.75 Å². The number of hydrogen-bond acceptors (Lipinski definition) is 4. The largest absolute Gasteiger partial charge is 0.475 e. The van der Waals surface area contributed by atoms with Crippen LogP contribution < -0.4 is 4.74 Å². The van der Waals surface area contributed by atoms with Gasteiger partial charge < -0.3 is 4.74 Å². The molecule has 1 atom stereocenters. The van der Waals surface area contributed by atoms with Gasteiger partial charge in [-0.1, -0.05) is 33.6 Å². The SMILES string of the molecule is CCCCN(CCCC)C(CC)Oc1ccc(-c2cn3ccc(C)nc3n2)cc1. The lowest BCUT2D eigenvalue weighted by Gasteiger charge is -2.31. The summed E-state index contributed by atoms with van der Waals surface area (Å²) < 4.78 is 8.33. The normalized spacial score (nSPS) is 12.6. The van der Waals surface area contributed by atoms with Crippen LogP contribution in [0.3, 0.4) is 0 Å². The standard InChI is InChI=1S/C24H34N4O/c1-5-8-15-27(16-9-6-2)23(7-3)29-21-12-10-20(11-13-21)22-18-28-17-14-19(4)25-24(28)26-22/h10-14,17-18,23H,5-9,15-16H2,1-4H3. The minimum atomic E-state index is 0.126. The maximum Gasteiger partial charge on any atom is 0.234 e. The second-order valence-corrected chi connectivity index (χ2v) is 7.65. The van der Waals surface area contributed by atoms with Crippen LogP contribution in [0.25, 0.3) is 17.0 Å². The van der Waals surface area contributed by atoms with E-state index in [1.807, 2.05) is 29.8 Å². The van der Waals surface area contributed by atoms with Gasteiger partial charge in [-0.25, -0.2) is 9.97 Å². The van der Waals surface area contributed by atoms with E-state index in [0.29, 0.717) is 0 Å². The first kappa shape index (κ1) is 21.3. The predicted octanol–water partition coefficient (Wildman–Crippen LogP) is 5.72. The summed E-state index contributed by atoms with van der Waals surface area (Å²) in [6.45, 7) is 10.9. The Hall–Kier alpha value is -2.40. The summed E-state index contributed by atoms with van der Waals surface area (Å²) in [4.78, 5) is 11.6. The number of nitrogens with zero attached hydrogens (tertiary/aromatic N) is 4. The van der Waals surface area contributed by atoms with Crippen LogP contribution in [-0.2, 0) is 0 Å². The summed E-state index contributed by atoms with van der Waals surface area (Å²) in [5.41, 5.74) is 2.97. The Morgan fingerprint density at radius 1 is 0.966 bits per heavy atom. The Morgan fingerprint density at radius 3 is 2.28 bits per heavy atom. The molecule has 156 valence electrons. The number of unbranched alkanes of at least 4 members (excludes halogenated alkanes) is 2. The first-order chi connectivity index (χ1) is 14.1. The van der Waals surface area contributed by atoms with Gasteiger partial charge in [0, 0.05) is 36.7 Å². The van der Waals surface area contributed by atoms with Gasteiger partial charge in [0.25, 0.3) is 0 Å². The predicted molar refractivity (Wildman–Crippen MR) is 119 cm³/mol. The molecule has 5 nitrogen and oxygen atoms in total. The molecule has 0 saturated heterocycles. The fourth-order valence-corrected chi connectivity index (χ4v) is 3.50. The molecule has 1 unspecified atom stereocenters. The van der Waals surface area contributed by atoms with E-state index in [0.717, 1.165) is 48.0 Å². The van der Waals surface area contributed by atoms with Gasteiger partial charge in [0.05, 0.1) is 5.69 Å². The lowest BCUT2D eigenvalue weighted by molar-refractivity contribution is 0.0202. The summed E-state index contributed by atoms with van der Waals surface area (Å²) in [5, 5.41) is 0. The molecule has 5 heteroatoms. The van der Waals surface area contributed by atoms with E-state index in [-0.39, 0.29) is 6.23 Å². The van der Waals surface area contributed by atoms with Gasteiger partial charge in [-0.05, 0) is 56.5 Å². The van der Waals surface area contributed by atoms with E-state index in [9.17, 15) is 0 Å². The molecule has 0 aliphatic carbocycles. The fraction of sp³-hybridized carbons (Fsp3) is 0.500. The molecule has 0 N–H and O–H groups in total. The Morgan fingerprint density at radius 2 is 1.66 bits per heavy atom. The van der Waals surface area contributed by atoms with Crippen LogP contribution in [0.2, 0.25) is 0 Å². The number of benzene rings is 1. The van der Waals surface area contributed by atoms with Crippen molar-refractivity contribution in [2.24, 2.45) is 0 Å². The minimum absolute atomic E-state index is 0.126. The van der Waals surface area contributed by atoms with Crippen LogP contribution in [-0.4, -0.2) is 38.6 Å². The number of aryl methyl sites for hydroxylation is 1. The van der Waals surface area contributed by atoms with Crippen molar-refractivity contribution in [3.05, 3.63) is 48.4 Å². The fourth-order valence-electron chi connectivity index (χ4n) is 3.50. The highest BCUT2D eigenvalue weighted by Gasteiger charge is 2.17. The van der Waals surface area contributed by atoms with Gasteiger partial charge in [-0.15, -0.1) is 0 Å². The Bertz CT molecular complexity index is 880. The number of aromatic nitrogens is 3. The van der Waals surface area contributed by atoms with E-state index < -0.39 is 0 Å². The molecule has 3 aromatic rings. The molecule has 3 rings (SSSR count). The average Bonchev–Trinajstić information content (AvgIpc) is 3.16.